The summed E-state index contributed by atoms with van der Waals surface area (Å²) in [5, 5.41) is 2.59. The zero-order valence-electron chi connectivity index (χ0n) is 11.4. The Hall–Kier alpha value is -1.06. The Balaban J connectivity index is 2.03. The molecular weight excluding hydrogens is 270 g/mol. The summed E-state index contributed by atoms with van der Waals surface area (Å²) >= 11 is 7.21. The Morgan fingerprint density at radius 2 is 1.74 bits per heavy atom. The molecule has 0 aliphatic rings. The van der Waals surface area contributed by atoms with Crippen LogP contribution in [-0.2, 0) is 5.75 Å². The van der Waals surface area contributed by atoms with Gasteiger partial charge in [0.2, 0.25) is 0 Å². The third-order valence-corrected chi connectivity index (χ3v) is 4.79. The fourth-order valence-corrected chi connectivity index (χ4v) is 3.39. The van der Waals surface area contributed by atoms with Crippen molar-refractivity contribution in [3.63, 3.8) is 0 Å². The van der Waals surface area contributed by atoms with Gasteiger partial charge in [0.05, 0.1) is 0 Å². The first kappa shape index (κ1) is 14.4. The van der Waals surface area contributed by atoms with Gasteiger partial charge in [0.1, 0.15) is 4.32 Å². The number of nitrogens with zero attached hydrogens (tertiary/aromatic N) is 1. The van der Waals surface area contributed by atoms with Crippen LogP contribution < -0.4 is 0 Å². The summed E-state index contributed by atoms with van der Waals surface area (Å²) in [7, 11) is 0. The van der Waals surface area contributed by atoms with E-state index in [1.807, 2.05) is 0 Å². The second kappa shape index (κ2) is 6.92. The highest BCUT2D eigenvalue weighted by atomic mass is 32.2. The lowest BCUT2D eigenvalue weighted by Crippen LogP contribution is -2.26. The Kier molecular flexibility index (Phi) is 5.23. The summed E-state index contributed by atoms with van der Waals surface area (Å²) in [5.41, 5.74) is 1.33. The van der Waals surface area contributed by atoms with Gasteiger partial charge in [-0.3, -0.25) is 0 Å². The molecule has 0 bridgehead atoms. The normalized spacial score (nSPS) is 10.6. The van der Waals surface area contributed by atoms with Gasteiger partial charge in [0, 0.05) is 18.8 Å². The smallest absolute Gasteiger partial charge is 0.136 e. The maximum absolute atomic E-state index is 5.46. The highest BCUT2D eigenvalue weighted by molar-refractivity contribution is 8.22. The van der Waals surface area contributed by atoms with Gasteiger partial charge >= 0.3 is 0 Å². The first-order valence-electron chi connectivity index (χ1n) is 6.64. The molecule has 0 amide bonds. The Bertz CT molecular complexity index is 561. The fraction of sp³-hybridized carbons (Fsp3) is 0.312. The second-order valence-corrected chi connectivity index (χ2v) is 6.02. The van der Waals surface area contributed by atoms with Gasteiger partial charge in [-0.05, 0) is 30.2 Å². The molecule has 3 heteroatoms. The summed E-state index contributed by atoms with van der Waals surface area (Å²) in [6.07, 6.45) is 0. The maximum atomic E-state index is 5.46. The van der Waals surface area contributed by atoms with Crippen molar-refractivity contribution < 1.29 is 0 Å². The third kappa shape index (κ3) is 3.71. The van der Waals surface area contributed by atoms with Crippen LogP contribution in [-0.4, -0.2) is 22.3 Å². The molecule has 2 aromatic rings. The van der Waals surface area contributed by atoms with E-state index in [2.05, 4.69) is 61.2 Å². The molecule has 0 spiro atoms. The minimum absolute atomic E-state index is 0.945. The molecule has 2 rings (SSSR count). The molecule has 1 nitrogen and oxygen atoms in total. The van der Waals surface area contributed by atoms with Gasteiger partial charge in [-0.2, -0.15) is 0 Å². The van der Waals surface area contributed by atoms with E-state index in [1.54, 1.807) is 11.8 Å². The van der Waals surface area contributed by atoms with Crippen LogP contribution in [0, 0.1) is 0 Å². The summed E-state index contributed by atoms with van der Waals surface area (Å²) in [5.74, 6) is 0.945. The quantitative estimate of drug-likeness (QED) is 0.751. The molecule has 0 aromatic heterocycles. The van der Waals surface area contributed by atoms with Gasteiger partial charge in [-0.25, -0.2) is 0 Å². The lowest BCUT2D eigenvalue weighted by atomic mass is 10.1. The third-order valence-electron chi connectivity index (χ3n) is 3.20. The first-order valence-corrected chi connectivity index (χ1v) is 8.03. The summed E-state index contributed by atoms with van der Waals surface area (Å²) in [6, 6.07) is 15.1. The van der Waals surface area contributed by atoms with Crippen LogP contribution in [0.25, 0.3) is 10.8 Å². The molecule has 2 aromatic carbocycles. The molecule has 100 valence electrons. The zero-order chi connectivity index (χ0) is 13.7. The molecule has 0 saturated carbocycles. The lowest BCUT2D eigenvalue weighted by molar-refractivity contribution is 0.482. The van der Waals surface area contributed by atoms with E-state index < -0.39 is 0 Å². The number of hydrogen-bond donors (Lipinski definition) is 0. The predicted octanol–water partition coefficient (Wildman–Crippen LogP) is 4.70. The van der Waals surface area contributed by atoms with E-state index in [1.165, 1.54) is 16.3 Å². The van der Waals surface area contributed by atoms with Crippen molar-refractivity contribution in [2.75, 3.05) is 13.1 Å². The molecule has 0 radical (unpaired) electrons. The highest BCUT2D eigenvalue weighted by Gasteiger charge is 2.06. The standard InChI is InChI=1S/C16H19NS2/c1-3-17(4-2)16(18)19-12-13-9-10-14-7-5-6-8-15(14)11-13/h5-11H,3-4,12H2,1-2H3. The van der Waals surface area contributed by atoms with E-state index in [-0.39, 0.29) is 0 Å². The monoisotopic (exact) mass is 289 g/mol. The second-order valence-electron chi connectivity index (χ2n) is 4.41. The van der Waals surface area contributed by atoms with Crippen molar-refractivity contribution in [2.24, 2.45) is 0 Å². The van der Waals surface area contributed by atoms with Crippen molar-refractivity contribution in [3.8, 4) is 0 Å². The summed E-state index contributed by atoms with van der Waals surface area (Å²) in [4.78, 5) is 2.22. The Morgan fingerprint density at radius 1 is 1.05 bits per heavy atom. The first-order chi connectivity index (χ1) is 9.24. The summed E-state index contributed by atoms with van der Waals surface area (Å²) in [6.45, 7) is 6.26. The molecule has 0 aliphatic carbocycles. The molecule has 0 aliphatic heterocycles. The number of fused-ring (bicyclic) bond motifs is 1. The van der Waals surface area contributed by atoms with Crippen molar-refractivity contribution >= 4 is 39.1 Å². The van der Waals surface area contributed by atoms with E-state index in [0.29, 0.717) is 0 Å². The maximum Gasteiger partial charge on any atom is 0.136 e. The van der Waals surface area contributed by atoms with Gasteiger partial charge in [0.25, 0.3) is 0 Å². The van der Waals surface area contributed by atoms with Crippen LogP contribution in [0.3, 0.4) is 0 Å². The van der Waals surface area contributed by atoms with Crippen LogP contribution >= 0.6 is 24.0 Å². The number of thiocarbonyl (C=S) groups is 1. The molecule has 0 atom stereocenters. The summed E-state index contributed by atoms with van der Waals surface area (Å²) < 4.78 is 0.998. The number of thioether (sulfide) groups is 1. The van der Waals surface area contributed by atoms with E-state index in [0.717, 1.165) is 23.2 Å². The van der Waals surface area contributed by atoms with Gasteiger partial charge in [0.15, 0.2) is 0 Å². The fourth-order valence-electron chi connectivity index (χ4n) is 2.05. The number of rotatable bonds is 4. The molecule has 0 unspecified atom stereocenters. The SMILES string of the molecule is CCN(CC)C(=S)SCc1ccc2ccccc2c1. The Morgan fingerprint density at radius 3 is 2.42 bits per heavy atom. The molecule has 19 heavy (non-hydrogen) atoms. The largest absolute Gasteiger partial charge is 0.358 e. The minimum atomic E-state index is 0.945. The van der Waals surface area contributed by atoms with Crippen LogP contribution in [0.4, 0.5) is 0 Å². The van der Waals surface area contributed by atoms with Crippen molar-refractivity contribution in [1.29, 1.82) is 0 Å². The topological polar surface area (TPSA) is 3.24 Å². The van der Waals surface area contributed by atoms with Crippen LogP contribution in [0.15, 0.2) is 42.5 Å². The van der Waals surface area contributed by atoms with Gasteiger partial charge in [-0.15, -0.1) is 0 Å². The van der Waals surface area contributed by atoms with Crippen molar-refractivity contribution in [1.82, 2.24) is 4.90 Å². The highest BCUT2D eigenvalue weighted by Crippen LogP contribution is 2.21. The lowest BCUT2D eigenvalue weighted by Gasteiger charge is -2.20. The van der Waals surface area contributed by atoms with Crippen molar-refractivity contribution in [2.45, 2.75) is 19.6 Å². The molecular formula is C16H19NS2. The molecule has 0 N–H and O–H groups in total. The van der Waals surface area contributed by atoms with Crippen molar-refractivity contribution in [3.05, 3.63) is 48.0 Å². The van der Waals surface area contributed by atoms with E-state index in [9.17, 15) is 0 Å². The minimum Gasteiger partial charge on any atom is -0.358 e. The van der Waals surface area contributed by atoms with Crippen LogP contribution in [0.2, 0.25) is 0 Å². The zero-order valence-corrected chi connectivity index (χ0v) is 13.1. The number of benzene rings is 2. The average molecular weight is 289 g/mol. The average Bonchev–Trinajstić information content (AvgIpc) is 2.46. The van der Waals surface area contributed by atoms with Crippen LogP contribution in [0.5, 0.6) is 0 Å². The van der Waals surface area contributed by atoms with E-state index >= 15 is 0 Å². The predicted molar refractivity (Wildman–Crippen MR) is 90.8 cm³/mol. The molecule has 0 fully saturated rings. The Labute approximate surface area is 125 Å². The molecule has 0 saturated heterocycles. The van der Waals surface area contributed by atoms with Crippen LogP contribution in [0.1, 0.15) is 19.4 Å². The number of hydrogen-bond acceptors (Lipinski definition) is 2. The van der Waals surface area contributed by atoms with Gasteiger partial charge in [-0.1, -0.05) is 66.4 Å². The molecule has 0 heterocycles. The van der Waals surface area contributed by atoms with E-state index in [4.69, 9.17) is 12.2 Å². The van der Waals surface area contributed by atoms with Gasteiger partial charge < -0.3 is 4.90 Å².